The molecule has 2 aromatic rings. The van der Waals surface area contributed by atoms with Gasteiger partial charge in [0.25, 0.3) is 5.91 Å². The summed E-state index contributed by atoms with van der Waals surface area (Å²) in [6.45, 7) is 1.59. The van der Waals surface area contributed by atoms with Crippen LogP contribution in [0, 0.1) is 5.92 Å². The summed E-state index contributed by atoms with van der Waals surface area (Å²) in [7, 11) is 2.00. The molecule has 0 spiro atoms. The molecule has 4 rings (SSSR count). The SMILES string of the molecule is CN1CCc2nc(C(=O)N[C@@H]3C[C@@H](C(=O)O)CC[C@@H]3NC(=O)C(=O)Nc3ccc(Cl)cn3)sc2C1. The number of halogens is 1. The van der Waals surface area contributed by atoms with Crippen molar-refractivity contribution in [1.82, 2.24) is 25.5 Å². The van der Waals surface area contributed by atoms with Crippen LogP contribution < -0.4 is 16.0 Å². The third-order valence-corrected chi connectivity index (χ3v) is 7.43. The van der Waals surface area contributed by atoms with Gasteiger partial charge in [0.1, 0.15) is 5.82 Å². The van der Waals surface area contributed by atoms with Crippen LogP contribution in [0.5, 0.6) is 0 Å². The highest BCUT2D eigenvalue weighted by Crippen LogP contribution is 2.27. The molecular weight excluding hydrogens is 496 g/mol. The molecule has 0 saturated heterocycles. The molecular formula is C22H25ClN6O5S. The van der Waals surface area contributed by atoms with Crippen molar-refractivity contribution in [2.24, 2.45) is 5.92 Å². The molecule has 3 heterocycles. The van der Waals surface area contributed by atoms with Crippen LogP contribution in [0.3, 0.4) is 0 Å². The lowest BCUT2D eigenvalue weighted by molar-refractivity contribution is -0.143. The van der Waals surface area contributed by atoms with Crippen molar-refractivity contribution in [2.75, 3.05) is 18.9 Å². The molecule has 1 aliphatic carbocycles. The zero-order chi connectivity index (χ0) is 25.1. The summed E-state index contributed by atoms with van der Waals surface area (Å²) in [6, 6.07) is 1.69. The van der Waals surface area contributed by atoms with Gasteiger partial charge in [0.15, 0.2) is 5.01 Å². The van der Waals surface area contributed by atoms with Crippen LogP contribution in [0.1, 0.15) is 39.6 Å². The molecule has 4 N–H and O–H groups in total. The van der Waals surface area contributed by atoms with Gasteiger partial charge in [0.05, 0.1) is 22.7 Å². The van der Waals surface area contributed by atoms with Gasteiger partial charge in [-0.25, -0.2) is 9.97 Å². The van der Waals surface area contributed by atoms with Gasteiger partial charge in [-0.15, -0.1) is 11.3 Å². The van der Waals surface area contributed by atoms with Gasteiger partial charge in [-0.1, -0.05) is 11.6 Å². The maximum Gasteiger partial charge on any atom is 0.314 e. The van der Waals surface area contributed by atoms with Crippen molar-refractivity contribution in [3.63, 3.8) is 0 Å². The number of carboxylic acid groups (broad SMARTS) is 1. The van der Waals surface area contributed by atoms with E-state index in [2.05, 4.69) is 30.8 Å². The molecule has 35 heavy (non-hydrogen) atoms. The van der Waals surface area contributed by atoms with Crippen LogP contribution in [-0.2, 0) is 27.3 Å². The second-order valence-corrected chi connectivity index (χ2v) is 10.2. The van der Waals surface area contributed by atoms with Gasteiger partial charge in [0, 0.05) is 36.6 Å². The summed E-state index contributed by atoms with van der Waals surface area (Å²) in [5.74, 6) is -3.73. The van der Waals surface area contributed by atoms with Gasteiger partial charge in [-0.2, -0.15) is 0 Å². The highest BCUT2D eigenvalue weighted by Gasteiger charge is 2.37. The van der Waals surface area contributed by atoms with Crippen LogP contribution in [0.2, 0.25) is 5.02 Å². The molecule has 0 radical (unpaired) electrons. The largest absolute Gasteiger partial charge is 0.481 e. The zero-order valence-corrected chi connectivity index (χ0v) is 20.5. The summed E-state index contributed by atoms with van der Waals surface area (Å²) >= 11 is 7.09. The lowest BCUT2D eigenvalue weighted by atomic mass is 9.82. The number of nitrogens with one attached hydrogen (secondary N) is 3. The minimum absolute atomic E-state index is 0.125. The number of carboxylic acids is 1. The Morgan fingerprint density at radius 1 is 1.14 bits per heavy atom. The van der Waals surface area contributed by atoms with Gasteiger partial charge in [0.2, 0.25) is 0 Å². The fourth-order valence-corrected chi connectivity index (χ4v) is 5.44. The van der Waals surface area contributed by atoms with Crippen molar-refractivity contribution in [2.45, 2.75) is 44.3 Å². The first kappa shape index (κ1) is 25.0. The first-order chi connectivity index (χ1) is 16.7. The molecule has 2 aliphatic rings. The van der Waals surface area contributed by atoms with Gasteiger partial charge in [-0.3, -0.25) is 19.2 Å². The first-order valence-electron chi connectivity index (χ1n) is 11.1. The number of hydrogen-bond acceptors (Lipinski definition) is 8. The molecule has 3 atom stereocenters. The van der Waals surface area contributed by atoms with Crippen LogP contribution in [0.25, 0.3) is 0 Å². The number of carbonyl (C=O) groups excluding carboxylic acids is 3. The normalized spacial score (nSPS) is 22.1. The van der Waals surface area contributed by atoms with Gasteiger partial charge < -0.3 is 26.0 Å². The van der Waals surface area contributed by atoms with E-state index in [0.717, 1.165) is 30.1 Å². The minimum Gasteiger partial charge on any atom is -0.481 e. The Labute approximate surface area is 210 Å². The minimum atomic E-state index is -0.965. The highest BCUT2D eigenvalue weighted by molar-refractivity contribution is 7.13. The first-order valence-corrected chi connectivity index (χ1v) is 12.3. The Bertz CT molecular complexity index is 1140. The Morgan fingerprint density at radius 3 is 2.66 bits per heavy atom. The number of likely N-dealkylation sites (N-methyl/N-ethyl adjacent to an activating group) is 1. The van der Waals surface area contributed by atoms with Crippen LogP contribution in [0.4, 0.5) is 5.82 Å². The molecule has 13 heteroatoms. The number of anilines is 1. The lowest BCUT2D eigenvalue weighted by Gasteiger charge is -2.35. The molecule has 2 aromatic heterocycles. The van der Waals surface area contributed by atoms with Crippen molar-refractivity contribution in [1.29, 1.82) is 0 Å². The second-order valence-electron chi connectivity index (χ2n) is 8.70. The standard InChI is InChI=1S/C22H25ClN6O5S/c1-29-7-6-14-16(10-29)35-21(27-14)20(32)26-15-8-11(22(33)34)2-4-13(15)25-18(30)19(31)28-17-5-3-12(23)9-24-17/h3,5,9,11,13,15H,2,4,6-8,10H2,1H3,(H,25,30)(H,26,32)(H,33,34)(H,24,28,31)/t11-,13-,15+/m0/s1. The van der Waals surface area contributed by atoms with Crippen LogP contribution in [-0.4, -0.2) is 69.3 Å². The number of thiazole rings is 1. The fourth-order valence-electron chi connectivity index (χ4n) is 4.23. The second kappa shape index (κ2) is 10.7. The molecule has 1 saturated carbocycles. The summed E-state index contributed by atoms with van der Waals surface area (Å²) in [6.07, 6.45) is 2.82. The molecule has 0 bridgehead atoms. The number of rotatable bonds is 5. The van der Waals surface area contributed by atoms with E-state index in [1.54, 1.807) is 0 Å². The maximum atomic E-state index is 13.0. The van der Waals surface area contributed by atoms with E-state index in [0.29, 0.717) is 22.9 Å². The molecule has 1 aliphatic heterocycles. The van der Waals surface area contributed by atoms with Crippen LogP contribution >= 0.6 is 22.9 Å². The van der Waals surface area contributed by atoms with E-state index in [9.17, 15) is 24.3 Å². The van der Waals surface area contributed by atoms with Crippen LogP contribution in [0.15, 0.2) is 18.3 Å². The third kappa shape index (κ3) is 6.13. The van der Waals surface area contributed by atoms with E-state index < -0.39 is 41.7 Å². The molecule has 0 aromatic carbocycles. The van der Waals surface area contributed by atoms with E-state index in [1.165, 1.54) is 29.7 Å². The number of pyridine rings is 1. The Hall–Kier alpha value is -3.09. The van der Waals surface area contributed by atoms with E-state index in [1.807, 2.05) is 7.05 Å². The van der Waals surface area contributed by atoms with E-state index in [4.69, 9.17) is 11.6 Å². The fraction of sp³-hybridized carbons (Fsp3) is 0.455. The highest BCUT2D eigenvalue weighted by atomic mass is 35.5. The number of hydrogen-bond donors (Lipinski definition) is 4. The average molecular weight is 521 g/mol. The number of aromatic nitrogens is 2. The Balaban J connectivity index is 1.43. The molecule has 0 unspecified atom stereocenters. The monoisotopic (exact) mass is 520 g/mol. The summed E-state index contributed by atoms with van der Waals surface area (Å²) in [4.78, 5) is 61.0. The number of carbonyl (C=O) groups is 4. The molecule has 11 nitrogen and oxygen atoms in total. The smallest absolute Gasteiger partial charge is 0.314 e. The summed E-state index contributed by atoms with van der Waals surface area (Å²) < 4.78 is 0. The van der Waals surface area contributed by atoms with Gasteiger partial charge >= 0.3 is 17.8 Å². The number of aliphatic carboxylic acids is 1. The third-order valence-electron chi connectivity index (χ3n) is 6.12. The predicted molar refractivity (Wildman–Crippen MR) is 128 cm³/mol. The predicted octanol–water partition coefficient (Wildman–Crippen LogP) is 1.29. The Kier molecular flexibility index (Phi) is 7.63. The summed E-state index contributed by atoms with van der Waals surface area (Å²) in [5.41, 5.74) is 0.905. The van der Waals surface area contributed by atoms with Crippen molar-refractivity contribution >= 4 is 52.4 Å². The molecule has 186 valence electrons. The van der Waals surface area contributed by atoms with Crippen molar-refractivity contribution < 1.29 is 24.3 Å². The van der Waals surface area contributed by atoms with Crippen molar-refractivity contribution in [3.05, 3.63) is 38.9 Å². The maximum absolute atomic E-state index is 13.0. The van der Waals surface area contributed by atoms with E-state index >= 15 is 0 Å². The number of nitrogens with zero attached hydrogens (tertiary/aromatic N) is 3. The zero-order valence-electron chi connectivity index (χ0n) is 18.9. The average Bonchev–Trinajstić information content (AvgIpc) is 3.25. The summed E-state index contributed by atoms with van der Waals surface area (Å²) in [5, 5.41) is 18.0. The Morgan fingerprint density at radius 2 is 1.94 bits per heavy atom. The van der Waals surface area contributed by atoms with E-state index in [-0.39, 0.29) is 12.2 Å². The molecule has 1 fully saturated rings. The number of fused-ring (bicyclic) bond motifs is 1. The van der Waals surface area contributed by atoms with Gasteiger partial charge in [-0.05, 0) is 38.4 Å². The number of amides is 3. The lowest BCUT2D eigenvalue weighted by Crippen LogP contribution is -2.56. The topological polar surface area (TPSA) is 154 Å². The van der Waals surface area contributed by atoms with Crippen molar-refractivity contribution in [3.8, 4) is 0 Å². The molecule has 3 amide bonds. The quantitative estimate of drug-likeness (QED) is 0.430.